The molecule has 0 bridgehead atoms. The fraction of sp³-hybridized carbons (Fsp3) is 0.455. The fourth-order valence-electron chi connectivity index (χ4n) is 4.75. The molecule has 1 fully saturated rings. The number of Topliss-reactive ketones (excluding diaryl/α,β-unsaturated/α-hetero) is 1. The van der Waals surface area contributed by atoms with Gasteiger partial charge in [-0.1, -0.05) is 23.5 Å². The van der Waals surface area contributed by atoms with Gasteiger partial charge in [0.05, 0.1) is 30.7 Å². The summed E-state index contributed by atoms with van der Waals surface area (Å²) in [5, 5.41) is 9.45. The van der Waals surface area contributed by atoms with Crippen LogP contribution in [0.5, 0.6) is 5.75 Å². The number of rotatable bonds is 4. The molecule has 9 heteroatoms. The van der Waals surface area contributed by atoms with E-state index in [2.05, 4.69) is 10.2 Å². The van der Waals surface area contributed by atoms with Gasteiger partial charge in [-0.25, -0.2) is 0 Å². The van der Waals surface area contributed by atoms with Gasteiger partial charge in [-0.3, -0.25) is 14.5 Å². The normalized spacial score (nSPS) is 27.8. The predicted octanol–water partition coefficient (Wildman–Crippen LogP) is 2.98. The van der Waals surface area contributed by atoms with E-state index in [0.717, 1.165) is 17.0 Å². The minimum Gasteiger partial charge on any atom is -0.497 e. The third-order valence-electron chi connectivity index (χ3n) is 6.27. The van der Waals surface area contributed by atoms with E-state index in [9.17, 15) is 9.59 Å². The number of hydrogen-bond donors (Lipinski definition) is 0. The van der Waals surface area contributed by atoms with Gasteiger partial charge in [0.25, 0.3) is 5.91 Å². The van der Waals surface area contributed by atoms with Crippen LogP contribution in [-0.2, 0) is 19.1 Å². The van der Waals surface area contributed by atoms with Crippen molar-refractivity contribution in [2.75, 3.05) is 19.1 Å². The van der Waals surface area contributed by atoms with Crippen LogP contribution >= 0.6 is 11.3 Å². The molecule has 1 aliphatic carbocycles. The number of benzene rings is 1. The van der Waals surface area contributed by atoms with Gasteiger partial charge in [-0.15, -0.1) is 10.2 Å². The first-order valence-corrected chi connectivity index (χ1v) is 11.1. The van der Waals surface area contributed by atoms with Crippen LogP contribution in [0.4, 0.5) is 5.13 Å². The molecule has 0 saturated heterocycles. The lowest BCUT2D eigenvalue weighted by molar-refractivity contribution is -0.135. The topological polar surface area (TPSA) is 90.9 Å². The van der Waals surface area contributed by atoms with Crippen molar-refractivity contribution in [2.24, 2.45) is 5.92 Å². The van der Waals surface area contributed by atoms with Crippen molar-refractivity contribution in [3.05, 3.63) is 46.2 Å². The molecule has 31 heavy (non-hydrogen) atoms. The Labute approximate surface area is 183 Å². The number of carbonyl (C=O) groups is 2. The molecule has 0 N–H and O–H groups in total. The van der Waals surface area contributed by atoms with Crippen molar-refractivity contribution in [3.63, 3.8) is 0 Å². The highest BCUT2D eigenvalue weighted by Gasteiger charge is 2.54. The van der Waals surface area contributed by atoms with E-state index in [-0.39, 0.29) is 35.6 Å². The van der Waals surface area contributed by atoms with E-state index < -0.39 is 6.04 Å². The predicted molar refractivity (Wildman–Crippen MR) is 113 cm³/mol. The molecular weight excluding hydrogens is 418 g/mol. The summed E-state index contributed by atoms with van der Waals surface area (Å²) in [6.07, 6.45) is 1.75. The lowest BCUT2D eigenvalue weighted by Gasteiger charge is -2.38. The summed E-state index contributed by atoms with van der Waals surface area (Å²) in [5.74, 6) is 0.122. The maximum atomic E-state index is 13.7. The molecule has 0 radical (unpaired) electrons. The molecule has 1 saturated carbocycles. The molecule has 8 nitrogen and oxygen atoms in total. The molecule has 4 atom stereocenters. The summed E-state index contributed by atoms with van der Waals surface area (Å²) >= 11 is 1.31. The maximum absolute atomic E-state index is 13.7. The number of amides is 1. The Morgan fingerprint density at radius 1 is 1.19 bits per heavy atom. The lowest BCUT2D eigenvalue weighted by Crippen LogP contribution is -2.43. The quantitative estimate of drug-likeness (QED) is 0.720. The highest BCUT2D eigenvalue weighted by Crippen LogP contribution is 2.49. The number of hydrogen-bond acceptors (Lipinski definition) is 8. The number of ether oxygens (including phenoxy) is 3. The molecule has 3 aliphatic rings. The van der Waals surface area contributed by atoms with Gasteiger partial charge >= 0.3 is 0 Å². The van der Waals surface area contributed by atoms with E-state index in [1.165, 1.54) is 16.2 Å². The Bertz CT molecular complexity index is 1080. The van der Waals surface area contributed by atoms with Crippen LogP contribution in [0, 0.1) is 12.8 Å². The monoisotopic (exact) mass is 441 g/mol. The number of fused-ring (bicyclic) bond motifs is 1. The Morgan fingerprint density at radius 3 is 2.74 bits per heavy atom. The third kappa shape index (κ3) is 3.23. The van der Waals surface area contributed by atoms with Gasteiger partial charge in [-0.2, -0.15) is 0 Å². The zero-order valence-electron chi connectivity index (χ0n) is 17.5. The van der Waals surface area contributed by atoms with E-state index in [1.807, 2.05) is 31.2 Å². The summed E-state index contributed by atoms with van der Waals surface area (Å²) in [6.45, 7) is 1.83. The summed E-state index contributed by atoms with van der Waals surface area (Å²) in [4.78, 5) is 28.7. The zero-order chi connectivity index (χ0) is 21.7. The summed E-state index contributed by atoms with van der Waals surface area (Å²) in [6, 6.07) is 6.78. The minimum atomic E-state index is -0.626. The highest BCUT2D eigenvalue weighted by molar-refractivity contribution is 7.15. The Kier molecular flexibility index (Phi) is 5.02. The van der Waals surface area contributed by atoms with Crippen molar-refractivity contribution in [1.82, 2.24) is 10.2 Å². The van der Waals surface area contributed by atoms with E-state index >= 15 is 0 Å². The van der Waals surface area contributed by atoms with Gasteiger partial charge < -0.3 is 14.2 Å². The Balaban J connectivity index is 1.62. The molecule has 5 rings (SSSR count). The summed E-state index contributed by atoms with van der Waals surface area (Å²) < 4.78 is 17.1. The number of aryl methyl sites for hydroxylation is 1. The molecule has 1 aromatic carbocycles. The molecule has 2 aliphatic heterocycles. The van der Waals surface area contributed by atoms with Crippen molar-refractivity contribution < 1.29 is 23.8 Å². The minimum absolute atomic E-state index is 0.0225. The lowest BCUT2D eigenvalue weighted by atomic mass is 9.76. The zero-order valence-corrected chi connectivity index (χ0v) is 18.3. The standard InChI is InChI=1S/C22H23N3O5S/c1-11-23-24-22(31-11)25-18(12-5-4-6-13(9-12)28-2)17-19(26)15-8-7-14(29-3)10-16(15)30-20(17)21(25)27/h4-6,9,14-16,18H,7-8,10H2,1-3H3. The molecule has 2 aromatic rings. The average Bonchev–Trinajstić information content (AvgIpc) is 3.34. The number of nitrogens with zero attached hydrogens (tertiary/aromatic N) is 3. The Hall–Kier alpha value is -2.78. The largest absolute Gasteiger partial charge is 0.497 e. The number of aromatic nitrogens is 2. The number of carbonyl (C=O) groups excluding carboxylic acids is 2. The SMILES string of the molecule is COc1cccc(C2C3=C(OC4CC(OC)CCC4C3=O)C(=O)N2c2nnc(C)s2)c1. The van der Waals surface area contributed by atoms with E-state index in [1.54, 1.807) is 14.2 Å². The van der Waals surface area contributed by atoms with E-state index in [0.29, 0.717) is 29.3 Å². The number of anilines is 1. The molecule has 0 spiro atoms. The molecule has 4 unspecified atom stereocenters. The second kappa shape index (κ2) is 7.72. The molecule has 3 heterocycles. The van der Waals surface area contributed by atoms with Crippen LogP contribution in [0.15, 0.2) is 35.6 Å². The van der Waals surface area contributed by atoms with Crippen LogP contribution in [0.25, 0.3) is 0 Å². The Morgan fingerprint density at radius 2 is 2.03 bits per heavy atom. The fourth-order valence-corrected chi connectivity index (χ4v) is 5.47. The molecule has 162 valence electrons. The molecule has 1 aromatic heterocycles. The third-order valence-corrected chi connectivity index (χ3v) is 7.11. The van der Waals surface area contributed by atoms with Crippen molar-refractivity contribution in [1.29, 1.82) is 0 Å². The number of ketones is 1. The maximum Gasteiger partial charge on any atom is 0.296 e. The molecule has 1 amide bonds. The highest BCUT2D eigenvalue weighted by atomic mass is 32.1. The van der Waals surface area contributed by atoms with Crippen LogP contribution < -0.4 is 9.64 Å². The average molecular weight is 442 g/mol. The first-order chi connectivity index (χ1) is 15.0. The van der Waals surface area contributed by atoms with Crippen LogP contribution in [-0.4, -0.2) is 48.3 Å². The van der Waals surface area contributed by atoms with Crippen LogP contribution in [0.2, 0.25) is 0 Å². The van der Waals surface area contributed by atoms with Crippen molar-refractivity contribution in [2.45, 2.75) is 44.4 Å². The summed E-state index contributed by atoms with van der Waals surface area (Å²) in [5.41, 5.74) is 1.18. The van der Waals surface area contributed by atoms with Gasteiger partial charge in [0, 0.05) is 13.5 Å². The van der Waals surface area contributed by atoms with Crippen molar-refractivity contribution >= 4 is 28.2 Å². The second-order valence-corrected chi connectivity index (χ2v) is 9.16. The first kappa shape index (κ1) is 20.1. The van der Waals surface area contributed by atoms with Gasteiger partial charge in [0.1, 0.15) is 16.9 Å². The summed E-state index contributed by atoms with van der Waals surface area (Å²) in [7, 11) is 3.25. The smallest absolute Gasteiger partial charge is 0.296 e. The van der Waals surface area contributed by atoms with Gasteiger partial charge in [0.15, 0.2) is 11.5 Å². The van der Waals surface area contributed by atoms with E-state index in [4.69, 9.17) is 14.2 Å². The number of methoxy groups -OCH3 is 2. The van der Waals surface area contributed by atoms with Gasteiger partial charge in [0.2, 0.25) is 5.13 Å². The van der Waals surface area contributed by atoms with Gasteiger partial charge in [-0.05, 0) is 37.5 Å². The van der Waals surface area contributed by atoms with Crippen LogP contribution in [0.1, 0.15) is 35.9 Å². The molecular formula is C22H23N3O5S. The van der Waals surface area contributed by atoms with Crippen molar-refractivity contribution in [3.8, 4) is 5.75 Å². The second-order valence-electron chi connectivity index (χ2n) is 8.00. The first-order valence-electron chi connectivity index (χ1n) is 10.3. The van der Waals surface area contributed by atoms with Crippen LogP contribution in [0.3, 0.4) is 0 Å².